The van der Waals surface area contributed by atoms with E-state index in [9.17, 15) is 13.7 Å². The van der Waals surface area contributed by atoms with Crippen LogP contribution in [0.25, 0.3) is 22.3 Å². The van der Waals surface area contributed by atoms with Gasteiger partial charge >= 0.3 is 0 Å². The van der Waals surface area contributed by atoms with E-state index in [1.807, 2.05) is 30.6 Å². The predicted molar refractivity (Wildman–Crippen MR) is 131 cm³/mol. The summed E-state index contributed by atoms with van der Waals surface area (Å²) in [6.45, 7) is 0. The third-order valence-corrected chi connectivity index (χ3v) is 7.70. The van der Waals surface area contributed by atoms with Gasteiger partial charge in [0.15, 0.2) is 0 Å². The first kappa shape index (κ1) is 22.3. The van der Waals surface area contributed by atoms with Gasteiger partial charge in [-0.1, -0.05) is 30.3 Å². The Hall–Kier alpha value is -4.49. The monoisotopic (exact) mass is 484 g/mol. The number of rotatable bonds is 7. The lowest BCUT2D eigenvalue weighted by atomic mass is 10.0. The van der Waals surface area contributed by atoms with Crippen molar-refractivity contribution in [2.45, 2.75) is 17.4 Å². The smallest absolute Gasteiger partial charge is 0.264 e. The first-order chi connectivity index (χ1) is 17.0. The van der Waals surface area contributed by atoms with Gasteiger partial charge in [0.1, 0.15) is 18.4 Å². The molecule has 2 N–H and O–H groups in total. The number of nitriles is 1. The van der Waals surface area contributed by atoms with Crippen LogP contribution in [-0.2, 0) is 10.0 Å². The van der Waals surface area contributed by atoms with Crippen LogP contribution in [0.15, 0.2) is 90.5 Å². The summed E-state index contributed by atoms with van der Waals surface area (Å²) in [5.41, 5.74) is 3.57. The third kappa shape index (κ3) is 4.13. The van der Waals surface area contributed by atoms with Crippen molar-refractivity contribution in [3.8, 4) is 17.3 Å². The summed E-state index contributed by atoms with van der Waals surface area (Å²) in [6.07, 6.45) is 7.12. The number of benzene rings is 2. The fraction of sp³-hybridized carbons (Fsp3) is 0.120. The van der Waals surface area contributed by atoms with Gasteiger partial charge in [-0.2, -0.15) is 10.4 Å². The standard InChI is InChI=1S/C25H21N7O2S/c1-31(20-7-3-2-4-8-20)35(33,34)21-9-5-6-18(14-21)23(10-12-26)32-16-19(15-30-32)24-22-11-13-27-25(22)29-17-28-24/h2-9,11,13-17,23H,10H2,1H3,(H,27,28,29)/p+1. The summed E-state index contributed by atoms with van der Waals surface area (Å²) >= 11 is 0. The Kier molecular flexibility index (Phi) is 5.76. The summed E-state index contributed by atoms with van der Waals surface area (Å²) in [6, 6.07) is 19.3. The van der Waals surface area contributed by atoms with Gasteiger partial charge < -0.3 is 4.98 Å². The molecule has 0 aliphatic heterocycles. The fourth-order valence-electron chi connectivity index (χ4n) is 4.06. The van der Waals surface area contributed by atoms with Crippen LogP contribution < -0.4 is 8.99 Å². The van der Waals surface area contributed by atoms with Crippen molar-refractivity contribution in [2.75, 3.05) is 11.4 Å². The van der Waals surface area contributed by atoms with Crippen LogP contribution in [0.2, 0.25) is 0 Å². The maximum absolute atomic E-state index is 13.3. The molecule has 3 heterocycles. The molecular weight excluding hydrogens is 462 g/mol. The number of sulfonamides is 1. The van der Waals surface area contributed by atoms with Crippen LogP contribution in [0.5, 0.6) is 0 Å². The molecule has 0 saturated heterocycles. The fourth-order valence-corrected chi connectivity index (χ4v) is 5.31. The quantitative estimate of drug-likeness (QED) is 0.342. The largest absolute Gasteiger partial charge is 0.346 e. The number of para-hydroxylation sites is 1. The molecule has 5 aromatic rings. The Labute approximate surface area is 202 Å². The van der Waals surface area contributed by atoms with Crippen LogP contribution in [0.3, 0.4) is 0 Å². The minimum absolute atomic E-state index is 0.145. The zero-order chi connectivity index (χ0) is 24.4. The lowest BCUT2D eigenvalue weighted by molar-refractivity contribution is -0.764. The van der Waals surface area contributed by atoms with E-state index in [1.165, 1.54) is 17.7 Å². The normalized spacial score (nSPS) is 12.3. The van der Waals surface area contributed by atoms with Crippen molar-refractivity contribution < 1.29 is 13.1 Å². The second-order valence-corrected chi connectivity index (χ2v) is 9.96. The Balaban J connectivity index is 1.51. The van der Waals surface area contributed by atoms with Crippen LogP contribution in [0.1, 0.15) is 18.0 Å². The van der Waals surface area contributed by atoms with Gasteiger partial charge in [-0.25, -0.2) is 18.4 Å². The highest BCUT2D eigenvalue weighted by Crippen LogP contribution is 2.27. The predicted octanol–water partition coefficient (Wildman–Crippen LogP) is 3.57. The van der Waals surface area contributed by atoms with Crippen molar-refractivity contribution in [3.63, 3.8) is 0 Å². The summed E-state index contributed by atoms with van der Waals surface area (Å²) in [7, 11) is -2.26. The first-order valence-corrected chi connectivity index (χ1v) is 12.3. The van der Waals surface area contributed by atoms with Crippen LogP contribution in [0, 0.1) is 11.3 Å². The molecule has 1 atom stereocenters. The van der Waals surface area contributed by atoms with Crippen molar-refractivity contribution in [3.05, 3.63) is 91.1 Å². The van der Waals surface area contributed by atoms with Crippen molar-refractivity contribution >= 4 is 26.7 Å². The number of aromatic nitrogens is 5. The number of hydrogen-bond acceptors (Lipinski definition) is 5. The first-order valence-electron chi connectivity index (χ1n) is 10.9. The number of nitrogens with zero attached hydrogens (tertiary/aromatic N) is 5. The number of aromatic amines is 2. The minimum atomic E-state index is -3.79. The summed E-state index contributed by atoms with van der Waals surface area (Å²) in [5.74, 6) is 0. The number of fused-ring (bicyclic) bond motifs is 1. The van der Waals surface area contributed by atoms with E-state index >= 15 is 0 Å². The SMILES string of the molecule is CN(c1ccccc1)S(=O)(=O)c1cccc(C(CC#N)[n+]2cc(-c3ncnc4[nH]ccc34)c[nH]2)c1. The van der Waals surface area contributed by atoms with Gasteiger partial charge in [-0.3, -0.25) is 4.31 Å². The van der Waals surface area contributed by atoms with Crippen molar-refractivity contribution in [1.82, 2.24) is 20.1 Å². The summed E-state index contributed by atoms with van der Waals surface area (Å²) in [4.78, 5) is 11.9. The highest BCUT2D eigenvalue weighted by Gasteiger charge is 2.28. The van der Waals surface area contributed by atoms with E-state index in [-0.39, 0.29) is 11.3 Å². The van der Waals surface area contributed by atoms with E-state index < -0.39 is 16.1 Å². The molecule has 174 valence electrons. The van der Waals surface area contributed by atoms with Crippen molar-refractivity contribution in [1.29, 1.82) is 5.26 Å². The zero-order valence-corrected chi connectivity index (χ0v) is 19.6. The molecular formula is C25H22N7O2S+. The van der Waals surface area contributed by atoms with Gasteiger partial charge in [0, 0.05) is 24.2 Å². The van der Waals surface area contributed by atoms with Gasteiger partial charge in [0.25, 0.3) is 10.0 Å². The lowest BCUT2D eigenvalue weighted by Gasteiger charge is -2.20. The second-order valence-electron chi connectivity index (χ2n) is 7.99. The summed E-state index contributed by atoms with van der Waals surface area (Å²) < 4.78 is 29.7. The highest BCUT2D eigenvalue weighted by molar-refractivity contribution is 7.92. The summed E-state index contributed by atoms with van der Waals surface area (Å²) in [5, 5.41) is 13.6. The Morgan fingerprint density at radius 2 is 1.94 bits per heavy atom. The molecule has 9 nitrogen and oxygen atoms in total. The van der Waals surface area contributed by atoms with Gasteiger partial charge in [0.2, 0.25) is 12.2 Å². The van der Waals surface area contributed by atoms with Crippen LogP contribution in [-0.4, -0.2) is 35.5 Å². The molecule has 0 aliphatic rings. The average molecular weight is 485 g/mol. The van der Waals surface area contributed by atoms with Crippen LogP contribution in [0.4, 0.5) is 5.69 Å². The third-order valence-electron chi connectivity index (χ3n) is 5.92. The highest BCUT2D eigenvalue weighted by atomic mass is 32.2. The van der Waals surface area contributed by atoms with Gasteiger partial charge in [0.05, 0.1) is 34.1 Å². The number of H-pyrrole nitrogens is 2. The van der Waals surface area contributed by atoms with E-state index in [2.05, 4.69) is 26.1 Å². The Bertz CT molecular complexity index is 1640. The lowest BCUT2D eigenvalue weighted by Crippen LogP contribution is -2.41. The minimum Gasteiger partial charge on any atom is -0.346 e. The number of anilines is 1. The molecule has 2 aromatic carbocycles. The maximum Gasteiger partial charge on any atom is 0.264 e. The topological polar surface area (TPSA) is 122 Å². The molecule has 1 unspecified atom stereocenters. The molecule has 35 heavy (non-hydrogen) atoms. The molecule has 0 saturated carbocycles. The van der Waals surface area contributed by atoms with Crippen LogP contribution >= 0.6 is 0 Å². The van der Waals surface area contributed by atoms with Gasteiger partial charge in [-0.15, -0.1) is 4.68 Å². The molecule has 0 spiro atoms. The molecule has 10 heteroatoms. The molecule has 5 rings (SSSR count). The molecule has 3 aromatic heterocycles. The van der Waals surface area contributed by atoms with Gasteiger partial charge in [-0.05, 0) is 30.3 Å². The Morgan fingerprint density at radius 3 is 2.74 bits per heavy atom. The van der Waals surface area contributed by atoms with E-state index in [0.29, 0.717) is 11.3 Å². The van der Waals surface area contributed by atoms with E-state index in [0.717, 1.165) is 22.3 Å². The molecule has 0 bridgehead atoms. The number of nitrogens with one attached hydrogen (secondary N) is 2. The average Bonchev–Trinajstić information content (AvgIpc) is 3.57. The number of hydrogen-bond donors (Lipinski definition) is 2. The van der Waals surface area contributed by atoms with E-state index in [1.54, 1.807) is 53.3 Å². The molecule has 0 fully saturated rings. The van der Waals surface area contributed by atoms with E-state index in [4.69, 9.17) is 0 Å². The zero-order valence-electron chi connectivity index (χ0n) is 18.8. The molecule has 0 amide bonds. The maximum atomic E-state index is 13.3. The molecule has 0 aliphatic carbocycles. The van der Waals surface area contributed by atoms with Crippen molar-refractivity contribution in [2.24, 2.45) is 0 Å². The Morgan fingerprint density at radius 1 is 1.11 bits per heavy atom. The second kappa shape index (κ2) is 9.04. The molecule has 0 radical (unpaired) electrons.